The van der Waals surface area contributed by atoms with Crippen molar-refractivity contribution in [2.24, 2.45) is 5.73 Å². The molecule has 6 nitrogen and oxygen atoms in total. The minimum absolute atomic E-state index is 0.00463. The Hall–Kier alpha value is -3.85. The average Bonchev–Trinajstić information content (AvgIpc) is 2.67. The topological polar surface area (TPSA) is 102 Å². The first-order chi connectivity index (χ1) is 12.6. The monoisotopic (exact) mass is 343 g/mol. The predicted octanol–water partition coefficient (Wildman–Crippen LogP) is 3.97. The highest BCUT2D eigenvalue weighted by atomic mass is 16.6. The highest BCUT2D eigenvalue weighted by molar-refractivity contribution is 5.90. The number of fused-ring (bicyclic) bond motifs is 3. The molecule has 0 aliphatic carbocycles. The number of nitrogens with zero attached hydrogens (tertiary/aromatic N) is 2. The van der Waals surface area contributed by atoms with Crippen molar-refractivity contribution in [2.45, 2.75) is 5.92 Å². The summed E-state index contributed by atoms with van der Waals surface area (Å²) < 4.78 is 5.79. The average molecular weight is 343 g/mol. The molecule has 1 heterocycles. The zero-order valence-corrected chi connectivity index (χ0v) is 13.5. The van der Waals surface area contributed by atoms with E-state index in [1.54, 1.807) is 12.1 Å². The zero-order valence-electron chi connectivity index (χ0n) is 13.5. The Morgan fingerprint density at radius 2 is 1.81 bits per heavy atom. The van der Waals surface area contributed by atoms with Gasteiger partial charge < -0.3 is 10.5 Å². The normalized spacial score (nSPS) is 15.9. The first-order valence-corrected chi connectivity index (χ1v) is 7.93. The molecule has 0 amide bonds. The van der Waals surface area contributed by atoms with E-state index in [-0.39, 0.29) is 11.6 Å². The summed E-state index contributed by atoms with van der Waals surface area (Å²) in [6.07, 6.45) is 0. The summed E-state index contributed by atoms with van der Waals surface area (Å²) >= 11 is 0. The third-order valence-electron chi connectivity index (χ3n) is 4.54. The molecule has 0 spiro atoms. The second kappa shape index (κ2) is 5.90. The van der Waals surface area contributed by atoms with Gasteiger partial charge in [-0.05, 0) is 10.9 Å². The molecule has 1 atom stereocenters. The van der Waals surface area contributed by atoms with Crippen LogP contribution >= 0.6 is 0 Å². The Kier molecular flexibility index (Phi) is 3.55. The van der Waals surface area contributed by atoms with E-state index in [1.165, 1.54) is 12.1 Å². The molecule has 0 bridgehead atoms. The molecule has 0 saturated heterocycles. The summed E-state index contributed by atoms with van der Waals surface area (Å²) in [6, 6.07) is 19.9. The van der Waals surface area contributed by atoms with Crippen LogP contribution in [-0.2, 0) is 0 Å². The number of ether oxygens (including phenoxy) is 1. The molecule has 4 rings (SSSR count). The summed E-state index contributed by atoms with van der Waals surface area (Å²) in [5.41, 5.74) is 7.87. The van der Waals surface area contributed by atoms with Crippen LogP contribution in [0.15, 0.2) is 72.1 Å². The molecule has 0 unspecified atom stereocenters. The van der Waals surface area contributed by atoms with Gasteiger partial charge in [-0.2, -0.15) is 5.26 Å². The first-order valence-electron chi connectivity index (χ1n) is 7.93. The van der Waals surface area contributed by atoms with Crippen LogP contribution in [0.25, 0.3) is 10.8 Å². The SMILES string of the molecule is N#CC1=C(N)Oc2c(ccc3ccccc23)[C@H]1c1ccc([N+](=O)[O-])cc1. The van der Waals surface area contributed by atoms with Crippen LogP contribution in [0, 0.1) is 21.4 Å². The van der Waals surface area contributed by atoms with Gasteiger partial charge in [0.1, 0.15) is 17.4 Å². The lowest BCUT2D eigenvalue weighted by Crippen LogP contribution is -2.21. The number of nitriles is 1. The molecule has 26 heavy (non-hydrogen) atoms. The summed E-state index contributed by atoms with van der Waals surface area (Å²) in [5, 5.41) is 22.4. The van der Waals surface area contributed by atoms with Crippen molar-refractivity contribution >= 4 is 16.5 Å². The predicted molar refractivity (Wildman–Crippen MR) is 96.3 cm³/mol. The van der Waals surface area contributed by atoms with Gasteiger partial charge in [-0.25, -0.2) is 0 Å². The van der Waals surface area contributed by atoms with Crippen molar-refractivity contribution < 1.29 is 9.66 Å². The maximum absolute atomic E-state index is 10.9. The molecule has 3 aromatic carbocycles. The third kappa shape index (κ3) is 2.34. The Morgan fingerprint density at radius 1 is 1.08 bits per heavy atom. The lowest BCUT2D eigenvalue weighted by molar-refractivity contribution is -0.384. The van der Waals surface area contributed by atoms with E-state index in [2.05, 4.69) is 6.07 Å². The summed E-state index contributed by atoms with van der Waals surface area (Å²) in [4.78, 5) is 10.5. The molecule has 2 N–H and O–H groups in total. The van der Waals surface area contributed by atoms with Gasteiger partial charge in [-0.3, -0.25) is 10.1 Å². The minimum Gasteiger partial charge on any atom is -0.440 e. The standard InChI is InChI=1S/C20H13N3O3/c21-11-17-18(13-5-8-14(9-6-13)23(24)25)16-10-7-12-3-1-2-4-15(12)19(16)26-20(17)22/h1-10,18H,22H2/t18-/m1/s1. The zero-order chi connectivity index (χ0) is 18.3. The van der Waals surface area contributed by atoms with Crippen LogP contribution in [0.5, 0.6) is 5.75 Å². The fraction of sp³-hybridized carbons (Fsp3) is 0.0500. The van der Waals surface area contributed by atoms with E-state index < -0.39 is 10.8 Å². The number of allylic oxidation sites excluding steroid dienone is 1. The molecule has 0 saturated carbocycles. The fourth-order valence-electron chi connectivity index (χ4n) is 3.32. The summed E-state index contributed by atoms with van der Waals surface area (Å²) in [5.74, 6) is 0.233. The number of benzene rings is 3. The van der Waals surface area contributed by atoms with Gasteiger partial charge in [0.2, 0.25) is 5.88 Å². The lowest BCUT2D eigenvalue weighted by atomic mass is 9.82. The van der Waals surface area contributed by atoms with Crippen molar-refractivity contribution in [1.29, 1.82) is 5.26 Å². The van der Waals surface area contributed by atoms with Gasteiger partial charge in [-0.15, -0.1) is 0 Å². The maximum atomic E-state index is 10.9. The summed E-state index contributed by atoms with van der Waals surface area (Å²) in [6.45, 7) is 0. The van der Waals surface area contributed by atoms with Gasteiger partial charge in [0, 0.05) is 23.1 Å². The maximum Gasteiger partial charge on any atom is 0.269 e. The largest absolute Gasteiger partial charge is 0.440 e. The Morgan fingerprint density at radius 3 is 2.50 bits per heavy atom. The molecular weight excluding hydrogens is 330 g/mol. The number of rotatable bonds is 2. The molecule has 0 radical (unpaired) electrons. The molecule has 0 aromatic heterocycles. The number of nitrogens with two attached hydrogens (primary N) is 1. The minimum atomic E-state index is -0.454. The Balaban J connectivity index is 1.94. The third-order valence-corrected chi connectivity index (χ3v) is 4.54. The van der Waals surface area contributed by atoms with Crippen LogP contribution in [0.1, 0.15) is 17.0 Å². The van der Waals surface area contributed by atoms with E-state index in [4.69, 9.17) is 10.5 Å². The number of non-ortho nitro benzene ring substituents is 1. The second-order valence-electron chi connectivity index (χ2n) is 5.98. The van der Waals surface area contributed by atoms with Gasteiger partial charge >= 0.3 is 0 Å². The van der Waals surface area contributed by atoms with Gasteiger partial charge in [0.05, 0.1) is 10.8 Å². The number of nitro benzene ring substituents is 1. The quantitative estimate of drug-likeness (QED) is 0.560. The highest BCUT2D eigenvalue weighted by Crippen LogP contribution is 2.45. The molecule has 6 heteroatoms. The van der Waals surface area contributed by atoms with Gasteiger partial charge in [0.25, 0.3) is 5.69 Å². The number of hydrogen-bond donors (Lipinski definition) is 1. The second-order valence-corrected chi connectivity index (χ2v) is 5.98. The van der Waals surface area contributed by atoms with Crippen molar-refractivity contribution in [3.8, 4) is 11.8 Å². The molecule has 1 aliphatic rings. The molecule has 1 aliphatic heterocycles. The van der Waals surface area contributed by atoms with Crippen molar-refractivity contribution in [1.82, 2.24) is 0 Å². The molecule has 3 aromatic rings. The highest BCUT2D eigenvalue weighted by Gasteiger charge is 2.31. The lowest BCUT2D eigenvalue weighted by Gasteiger charge is -2.27. The Bertz CT molecular complexity index is 1110. The van der Waals surface area contributed by atoms with Crippen molar-refractivity contribution in [3.05, 3.63) is 93.4 Å². The van der Waals surface area contributed by atoms with E-state index in [0.29, 0.717) is 11.3 Å². The van der Waals surface area contributed by atoms with E-state index in [0.717, 1.165) is 21.9 Å². The first kappa shape index (κ1) is 15.7. The fourth-order valence-corrected chi connectivity index (χ4v) is 3.32. The van der Waals surface area contributed by atoms with Gasteiger partial charge in [0.15, 0.2) is 0 Å². The van der Waals surface area contributed by atoms with E-state index in [1.807, 2.05) is 36.4 Å². The molecule has 0 fully saturated rings. The smallest absolute Gasteiger partial charge is 0.269 e. The van der Waals surface area contributed by atoms with Crippen LogP contribution < -0.4 is 10.5 Å². The van der Waals surface area contributed by atoms with Gasteiger partial charge in [-0.1, -0.05) is 48.5 Å². The molecular formula is C20H13N3O3. The van der Waals surface area contributed by atoms with Crippen LogP contribution in [0.4, 0.5) is 5.69 Å². The molecule has 126 valence electrons. The number of nitro groups is 1. The van der Waals surface area contributed by atoms with Crippen LogP contribution in [0.2, 0.25) is 0 Å². The summed E-state index contributed by atoms with van der Waals surface area (Å²) in [7, 11) is 0. The van der Waals surface area contributed by atoms with Crippen molar-refractivity contribution in [2.75, 3.05) is 0 Å². The van der Waals surface area contributed by atoms with Crippen molar-refractivity contribution in [3.63, 3.8) is 0 Å². The van der Waals surface area contributed by atoms with Crippen LogP contribution in [0.3, 0.4) is 0 Å². The number of hydrogen-bond acceptors (Lipinski definition) is 5. The van der Waals surface area contributed by atoms with Crippen LogP contribution in [-0.4, -0.2) is 4.92 Å². The van der Waals surface area contributed by atoms with E-state index >= 15 is 0 Å². The van der Waals surface area contributed by atoms with E-state index in [9.17, 15) is 15.4 Å². The Labute approximate surface area is 148 Å².